The molecule has 0 bridgehead atoms. The Balaban J connectivity index is 1.77. The minimum absolute atomic E-state index is 0.766. The van der Waals surface area contributed by atoms with Gasteiger partial charge < -0.3 is 4.74 Å². The van der Waals surface area contributed by atoms with Gasteiger partial charge in [0.05, 0.1) is 6.26 Å². The molecule has 0 aromatic heterocycles. The lowest BCUT2D eigenvalue weighted by molar-refractivity contribution is 0.302. The molecule has 0 saturated heterocycles. The van der Waals surface area contributed by atoms with E-state index in [1.807, 2.05) is 6.08 Å². The quantitative estimate of drug-likeness (QED) is 0.377. The van der Waals surface area contributed by atoms with Crippen molar-refractivity contribution in [3.63, 3.8) is 0 Å². The SMILES string of the molecule is CCC=COc1ccc([C@H]2CC[C@H](CCCCC)CC2)cc1. The molecule has 0 aliphatic heterocycles. The highest BCUT2D eigenvalue weighted by atomic mass is 16.5. The Hall–Kier alpha value is -1.24. The minimum atomic E-state index is 0.766. The van der Waals surface area contributed by atoms with Gasteiger partial charge in [0.1, 0.15) is 5.75 Å². The van der Waals surface area contributed by atoms with Crippen molar-refractivity contribution in [3.8, 4) is 5.75 Å². The van der Waals surface area contributed by atoms with Crippen LogP contribution in [0.4, 0.5) is 0 Å². The molecule has 2 rings (SSSR count). The molecular formula is C21H32O. The van der Waals surface area contributed by atoms with E-state index in [-0.39, 0.29) is 0 Å². The van der Waals surface area contributed by atoms with Gasteiger partial charge in [-0.15, -0.1) is 0 Å². The molecule has 1 heteroatoms. The Kier molecular flexibility index (Phi) is 7.56. The molecular weight excluding hydrogens is 268 g/mol. The summed E-state index contributed by atoms with van der Waals surface area (Å²) in [5.74, 6) is 2.70. The third-order valence-corrected chi connectivity index (χ3v) is 4.95. The van der Waals surface area contributed by atoms with Crippen molar-refractivity contribution in [1.29, 1.82) is 0 Å². The van der Waals surface area contributed by atoms with Crippen molar-refractivity contribution >= 4 is 0 Å². The molecule has 22 heavy (non-hydrogen) atoms. The molecule has 0 radical (unpaired) electrons. The molecule has 1 aromatic carbocycles. The number of hydrogen-bond donors (Lipinski definition) is 0. The van der Waals surface area contributed by atoms with Crippen molar-refractivity contribution < 1.29 is 4.74 Å². The zero-order valence-corrected chi connectivity index (χ0v) is 14.4. The molecule has 1 aromatic rings. The molecule has 0 unspecified atom stereocenters. The van der Waals surface area contributed by atoms with Gasteiger partial charge in [-0.25, -0.2) is 0 Å². The van der Waals surface area contributed by atoms with Gasteiger partial charge >= 0.3 is 0 Å². The lowest BCUT2D eigenvalue weighted by atomic mass is 9.77. The molecule has 1 nitrogen and oxygen atoms in total. The fourth-order valence-corrected chi connectivity index (χ4v) is 3.51. The van der Waals surface area contributed by atoms with Crippen LogP contribution in [0.5, 0.6) is 5.75 Å². The van der Waals surface area contributed by atoms with Gasteiger partial charge in [0.25, 0.3) is 0 Å². The third-order valence-electron chi connectivity index (χ3n) is 4.95. The first kappa shape index (κ1) is 17.1. The molecule has 1 fully saturated rings. The van der Waals surface area contributed by atoms with Gasteiger partial charge in [-0.3, -0.25) is 0 Å². The van der Waals surface area contributed by atoms with Crippen LogP contribution in [0, 0.1) is 5.92 Å². The molecule has 1 aliphatic carbocycles. The van der Waals surface area contributed by atoms with Gasteiger partial charge in [-0.1, -0.05) is 51.7 Å². The van der Waals surface area contributed by atoms with Crippen molar-refractivity contribution in [3.05, 3.63) is 42.2 Å². The van der Waals surface area contributed by atoms with Crippen LogP contribution in [-0.4, -0.2) is 0 Å². The molecule has 0 amide bonds. The van der Waals surface area contributed by atoms with E-state index >= 15 is 0 Å². The van der Waals surface area contributed by atoms with E-state index in [1.54, 1.807) is 6.26 Å². The van der Waals surface area contributed by atoms with E-state index in [4.69, 9.17) is 4.74 Å². The fourth-order valence-electron chi connectivity index (χ4n) is 3.51. The lowest BCUT2D eigenvalue weighted by Gasteiger charge is -2.29. The Morgan fingerprint density at radius 1 is 1.00 bits per heavy atom. The largest absolute Gasteiger partial charge is 0.465 e. The number of unbranched alkanes of at least 4 members (excludes halogenated alkanes) is 2. The number of allylic oxidation sites excluding steroid dienone is 1. The Bertz CT molecular complexity index is 424. The van der Waals surface area contributed by atoms with E-state index in [1.165, 1.54) is 56.9 Å². The summed E-state index contributed by atoms with van der Waals surface area (Å²) in [5.41, 5.74) is 1.50. The average molecular weight is 300 g/mol. The summed E-state index contributed by atoms with van der Waals surface area (Å²) >= 11 is 0. The summed E-state index contributed by atoms with van der Waals surface area (Å²) in [6.07, 6.45) is 16.1. The number of benzene rings is 1. The Labute approximate surface area is 136 Å². The molecule has 1 saturated carbocycles. The van der Waals surface area contributed by atoms with Crippen molar-refractivity contribution in [2.45, 2.75) is 77.6 Å². The van der Waals surface area contributed by atoms with Crippen molar-refractivity contribution in [2.24, 2.45) is 5.92 Å². The summed E-state index contributed by atoms with van der Waals surface area (Å²) in [7, 11) is 0. The highest BCUT2D eigenvalue weighted by Crippen LogP contribution is 2.38. The molecule has 0 atom stereocenters. The summed E-state index contributed by atoms with van der Waals surface area (Å²) in [6, 6.07) is 8.75. The first-order valence-electron chi connectivity index (χ1n) is 9.25. The van der Waals surface area contributed by atoms with E-state index < -0.39 is 0 Å². The van der Waals surface area contributed by atoms with Crippen LogP contribution in [-0.2, 0) is 0 Å². The number of ether oxygens (including phenoxy) is 1. The second kappa shape index (κ2) is 9.71. The van der Waals surface area contributed by atoms with Crippen LogP contribution in [0.2, 0.25) is 0 Å². The predicted octanol–water partition coefficient (Wildman–Crippen LogP) is 6.84. The van der Waals surface area contributed by atoms with Gasteiger partial charge in [-0.2, -0.15) is 0 Å². The predicted molar refractivity (Wildman–Crippen MR) is 95.3 cm³/mol. The normalized spacial score (nSPS) is 22.1. The van der Waals surface area contributed by atoms with E-state index in [2.05, 4.69) is 38.1 Å². The van der Waals surface area contributed by atoms with Crippen LogP contribution >= 0.6 is 0 Å². The number of rotatable bonds is 8. The monoisotopic (exact) mass is 300 g/mol. The third kappa shape index (κ3) is 5.51. The van der Waals surface area contributed by atoms with E-state index in [0.717, 1.165) is 24.0 Å². The molecule has 1 aliphatic rings. The molecule has 0 spiro atoms. The zero-order chi connectivity index (χ0) is 15.6. The summed E-state index contributed by atoms with van der Waals surface area (Å²) in [4.78, 5) is 0. The summed E-state index contributed by atoms with van der Waals surface area (Å²) in [6.45, 7) is 4.41. The van der Waals surface area contributed by atoms with Crippen molar-refractivity contribution in [1.82, 2.24) is 0 Å². The maximum Gasteiger partial charge on any atom is 0.126 e. The molecule has 0 N–H and O–H groups in total. The highest BCUT2D eigenvalue weighted by Gasteiger charge is 2.21. The standard InChI is InChI=1S/C21H32O/c1-3-5-7-8-18-9-11-19(12-10-18)20-13-15-21(16-14-20)22-17-6-4-2/h6,13-19H,3-5,7-12H2,1-2H3/t18-,19-. The van der Waals surface area contributed by atoms with Crippen LogP contribution < -0.4 is 4.74 Å². The second-order valence-corrected chi connectivity index (χ2v) is 6.68. The van der Waals surface area contributed by atoms with Crippen LogP contribution in [0.15, 0.2) is 36.6 Å². The van der Waals surface area contributed by atoms with E-state index in [9.17, 15) is 0 Å². The van der Waals surface area contributed by atoms with Gasteiger partial charge in [-0.05, 0) is 67.7 Å². The Morgan fingerprint density at radius 2 is 1.73 bits per heavy atom. The maximum atomic E-state index is 5.58. The average Bonchev–Trinajstić information content (AvgIpc) is 2.57. The van der Waals surface area contributed by atoms with Gasteiger partial charge in [0, 0.05) is 0 Å². The van der Waals surface area contributed by atoms with Gasteiger partial charge in [0.2, 0.25) is 0 Å². The van der Waals surface area contributed by atoms with Crippen LogP contribution in [0.1, 0.15) is 83.1 Å². The minimum Gasteiger partial charge on any atom is -0.465 e. The first-order chi connectivity index (χ1) is 10.8. The molecule has 0 heterocycles. The summed E-state index contributed by atoms with van der Waals surface area (Å²) in [5, 5.41) is 0. The smallest absolute Gasteiger partial charge is 0.126 e. The highest BCUT2D eigenvalue weighted by molar-refractivity contribution is 5.30. The molecule has 122 valence electrons. The van der Waals surface area contributed by atoms with Crippen LogP contribution in [0.25, 0.3) is 0 Å². The van der Waals surface area contributed by atoms with Gasteiger partial charge in [0.15, 0.2) is 0 Å². The summed E-state index contributed by atoms with van der Waals surface area (Å²) < 4.78 is 5.58. The van der Waals surface area contributed by atoms with Crippen molar-refractivity contribution in [2.75, 3.05) is 0 Å². The topological polar surface area (TPSA) is 9.23 Å². The Morgan fingerprint density at radius 3 is 2.36 bits per heavy atom. The maximum absolute atomic E-state index is 5.58. The fraction of sp³-hybridized carbons (Fsp3) is 0.619. The van der Waals surface area contributed by atoms with Crippen LogP contribution in [0.3, 0.4) is 0 Å². The zero-order valence-electron chi connectivity index (χ0n) is 14.4. The first-order valence-corrected chi connectivity index (χ1v) is 9.25. The van der Waals surface area contributed by atoms with E-state index in [0.29, 0.717) is 0 Å². The lowest BCUT2D eigenvalue weighted by Crippen LogP contribution is -2.13. The second-order valence-electron chi connectivity index (χ2n) is 6.68. The number of hydrogen-bond acceptors (Lipinski definition) is 1.